The Morgan fingerprint density at radius 3 is 2.61 bits per heavy atom. The lowest BCUT2D eigenvalue weighted by molar-refractivity contribution is 0.281. The van der Waals surface area contributed by atoms with E-state index in [1.54, 1.807) is 11.3 Å². The molecule has 0 aliphatic rings. The van der Waals surface area contributed by atoms with Crippen LogP contribution in [0.5, 0.6) is 5.75 Å². The molecule has 0 bridgehead atoms. The van der Waals surface area contributed by atoms with E-state index in [-0.39, 0.29) is 0 Å². The van der Waals surface area contributed by atoms with Gasteiger partial charge in [0, 0.05) is 23.7 Å². The van der Waals surface area contributed by atoms with E-state index in [1.807, 2.05) is 23.7 Å². The minimum atomic E-state index is 0.759. The average molecular weight is 262 g/mol. The van der Waals surface area contributed by atoms with E-state index in [4.69, 9.17) is 4.74 Å². The van der Waals surface area contributed by atoms with Crippen LogP contribution in [0.4, 0.5) is 0 Å². The summed E-state index contributed by atoms with van der Waals surface area (Å²) in [5.74, 6) is 0.925. The third kappa shape index (κ3) is 3.82. The highest BCUT2D eigenvalue weighted by molar-refractivity contribution is 7.13. The number of rotatable bonds is 6. The normalized spacial score (nSPS) is 10.8. The van der Waals surface area contributed by atoms with Gasteiger partial charge in [0.1, 0.15) is 10.8 Å². The minimum absolute atomic E-state index is 0.759. The number of ether oxygens (including phenoxy) is 1. The predicted octanol–water partition coefficient (Wildman–Crippen LogP) is 3.14. The molecule has 0 radical (unpaired) electrons. The van der Waals surface area contributed by atoms with Crippen LogP contribution in [0.3, 0.4) is 0 Å². The fourth-order valence-electron chi connectivity index (χ4n) is 1.63. The lowest BCUT2D eigenvalue weighted by Gasteiger charge is -2.10. The molecule has 1 heterocycles. The summed E-state index contributed by atoms with van der Waals surface area (Å²) in [4.78, 5) is 6.44. The summed E-state index contributed by atoms with van der Waals surface area (Å²) in [6.45, 7) is 1.81. The monoisotopic (exact) mass is 262 g/mol. The second kappa shape index (κ2) is 6.52. The maximum Gasteiger partial charge on any atom is 0.123 e. The molecule has 0 atom stereocenters. The van der Waals surface area contributed by atoms with Crippen molar-refractivity contribution in [3.8, 4) is 16.3 Å². The van der Waals surface area contributed by atoms with Crippen molar-refractivity contribution in [2.75, 3.05) is 27.2 Å². The van der Waals surface area contributed by atoms with Gasteiger partial charge in [0.15, 0.2) is 0 Å². The van der Waals surface area contributed by atoms with Crippen LogP contribution in [0.2, 0.25) is 0 Å². The highest BCUT2D eigenvalue weighted by atomic mass is 32.1. The van der Waals surface area contributed by atoms with E-state index in [1.165, 1.54) is 0 Å². The Morgan fingerprint density at radius 1 is 1.22 bits per heavy atom. The summed E-state index contributed by atoms with van der Waals surface area (Å²) in [6.07, 6.45) is 2.87. The maximum atomic E-state index is 5.69. The van der Waals surface area contributed by atoms with Crippen molar-refractivity contribution in [1.82, 2.24) is 9.88 Å². The molecule has 2 rings (SSSR count). The molecule has 1 aromatic carbocycles. The van der Waals surface area contributed by atoms with E-state index in [9.17, 15) is 0 Å². The van der Waals surface area contributed by atoms with Gasteiger partial charge in [0.2, 0.25) is 0 Å². The Kier molecular flexibility index (Phi) is 4.73. The molecular formula is C14H18N2OS. The Morgan fingerprint density at radius 2 is 2.00 bits per heavy atom. The molecule has 3 nitrogen and oxygen atoms in total. The molecule has 0 aliphatic carbocycles. The maximum absolute atomic E-state index is 5.69. The first-order chi connectivity index (χ1) is 8.75. The van der Waals surface area contributed by atoms with Gasteiger partial charge in [-0.1, -0.05) is 0 Å². The SMILES string of the molecule is CN(C)CCCOc1ccc(-c2nccs2)cc1. The highest BCUT2D eigenvalue weighted by Gasteiger charge is 2.00. The molecule has 18 heavy (non-hydrogen) atoms. The third-order valence-electron chi connectivity index (χ3n) is 2.55. The highest BCUT2D eigenvalue weighted by Crippen LogP contribution is 2.23. The minimum Gasteiger partial charge on any atom is -0.494 e. The van der Waals surface area contributed by atoms with Crippen LogP contribution in [0.25, 0.3) is 10.6 Å². The first kappa shape index (κ1) is 13.1. The largest absolute Gasteiger partial charge is 0.494 e. The van der Waals surface area contributed by atoms with Crippen molar-refractivity contribution in [3.05, 3.63) is 35.8 Å². The number of hydrogen-bond donors (Lipinski definition) is 0. The predicted molar refractivity (Wildman–Crippen MR) is 76.2 cm³/mol. The fraction of sp³-hybridized carbons (Fsp3) is 0.357. The average Bonchev–Trinajstić information content (AvgIpc) is 2.89. The summed E-state index contributed by atoms with van der Waals surface area (Å²) < 4.78 is 5.69. The van der Waals surface area contributed by atoms with Crippen LogP contribution in [-0.4, -0.2) is 37.1 Å². The van der Waals surface area contributed by atoms with Gasteiger partial charge in [-0.25, -0.2) is 4.98 Å². The molecule has 0 saturated heterocycles. The molecule has 0 amide bonds. The van der Waals surface area contributed by atoms with Gasteiger partial charge in [-0.2, -0.15) is 0 Å². The van der Waals surface area contributed by atoms with E-state index >= 15 is 0 Å². The number of nitrogens with zero attached hydrogens (tertiary/aromatic N) is 2. The molecule has 2 aromatic rings. The number of aromatic nitrogens is 1. The number of thiazole rings is 1. The molecule has 4 heteroatoms. The van der Waals surface area contributed by atoms with Gasteiger partial charge in [-0.05, 0) is 44.8 Å². The lowest BCUT2D eigenvalue weighted by atomic mass is 10.2. The number of hydrogen-bond acceptors (Lipinski definition) is 4. The first-order valence-corrected chi connectivity index (χ1v) is 6.91. The van der Waals surface area contributed by atoms with Crippen molar-refractivity contribution in [2.24, 2.45) is 0 Å². The Balaban J connectivity index is 1.84. The summed E-state index contributed by atoms with van der Waals surface area (Å²) in [5, 5.41) is 3.04. The zero-order chi connectivity index (χ0) is 12.8. The van der Waals surface area contributed by atoms with Gasteiger partial charge in [-0.15, -0.1) is 11.3 Å². The van der Waals surface area contributed by atoms with Crippen LogP contribution in [0.15, 0.2) is 35.8 Å². The zero-order valence-corrected chi connectivity index (χ0v) is 11.6. The molecule has 96 valence electrons. The lowest BCUT2D eigenvalue weighted by Crippen LogP contribution is -2.15. The van der Waals surface area contributed by atoms with Gasteiger partial charge in [0.05, 0.1) is 6.61 Å². The van der Waals surface area contributed by atoms with Crippen LogP contribution in [-0.2, 0) is 0 Å². The fourth-order valence-corrected chi connectivity index (χ4v) is 2.28. The summed E-state index contributed by atoms with van der Waals surface area (Å²) in [7, 11) is 4.14. The van der Waals surface area contributed by atoms with E-state index in [0.29, 0.717) is 0 Å². The summed E-state index contributed by atoms with van der Waals surface area (Å²) in [6, 6.07) is 8.12. The smallest absolute Gasteiger partial charge is 0.123 e. The molecule has 1 aromatic heterocycles. The quantitative estimate of drug-likeness (QED) is 0.748. The van der Waals surface area contributed by atoms with Crippen LogP contribution in [0.1, 0.15) is 6.42 Å². The van der Waals surface area contributed by atoms with Crippen molar-refractivity contribution < 1.29 is 4.74 Å². The van der Waals surface area contributed by atoms with Crippen molar-refractivity contribution >= 4 is 11.3 Å². The second-order valence-corrected chi connectivity index (χ2v) is 5.26. The molecule has 0 N–H and O–H groups in total. The first-order valence-electron chi connectivity index (χ1n) is 6.03. The summed E-state index contributed by atoms with van der Waals surface area (Å²) in [5.41, 5.74) is 1.14. The Labute approximate surface area is 112 Å². The van der Waals surface area contributed by atoms with Gasteiger partial charge in [-0.3, -0.25) is 0 Å². The molecule has 0 unspecified atom stereocenters. The molecule has 0 spiro atoms. The van der Waals surface area contributed by atoms with Gasteiger partial charge >= 0.3 is 0 Å². The van der Waals surface area contributed by atoms with E-state index < -0.39 is 0 Å². The van der Waals surface area contributed by atoms with Crippen molar-refractivity contribution in [2.45, 2.75) is 6.42 Å². The molecule has 0 fully saturated rings. The number of benzene rings is 1. The van der Waals surface area contributed by atoms with Gasteiger partial charge < -0.3 is 9.64 Å². The van der Waals surface area contributed by atoms with Crippen LogP contribution < -0.4 is 4.74 Å². The third-order valence-corrected chi connectivity index (χ3v) is 3.37. The van der Waals surface area contributed by atoms with Crippen LogP contribution >= 0.6 is 11.3 Å². The molecular weight excluding hydrogens is 244 g/mol. The Hall–Kier alpha value is -1.39. The molecule has 0 aliphatic heterocycles. The molecule has 0 saturated carbocycles. The van der Waals surface area contributed by atoms with E-state index in [0.717, 1.165) is 35.9 Å². The van der Waals surface area contributed by atoms with E-state index in [2.05, 4.69) is 36.1 Å². The van der Waals surface area contributed by atoms with Crippen molar-refractivity contribution in [1.29, 1.82) is 0 Å². The van der Waals surface area contributed by atoms with Crippen LogP contribution in [0, 0.1) is 0 Å². The summed E-state index contributed by atoms with van der Waals surface area (Å²) >= 11 is 1.65. The zero-order valence-electron chi connectivity index (χ0n) is 10.8. The van der Waals surface area contributed by atoms with Gasteiger partial charge in [0.25, 0.3) is 0 Å². The topological polar surface area (TPSA) is 25.4 Å². The van der Waals surface area contributed by atoms with Crippen molar-refractivity contribution in [3.63, 3.8) is 0 Å². The second-order valence-electron chi connectivity index (χ2n) is 4.37. The Bertz CT molecular complexity index is 451. The standard InChI is InChI=1S/C14H18N2OS/c1-16(2)9-3-10-17-13-6-4-12(5-7-13)14-15-8-11-18-14/h4-8,11H,3,9-10H2,1-2H3.